The standard InChI is InChI=1S/C9H20ClN/c1-2-3-4-5-6-7-8-9-11-10/h11H,2-9H2,1H3. The highest BCUT2D eigenvalue weighted by molar-refractivity contribution is 6.13. The van der Waals surface area contributed by atoms with Crippen LogP contribution >= 0.6 is 11.8 Å². The molecule has 0 aliphatic carbocycles. The Balaban J connectivity index is 2.69. The SMILES string of the molecule is CCCCCCCCCNCl. The molecule has 0 aliphatic heterocycles. The fourth-order valence-electron chi connectivity index (χ4n) is 1.15. The second-order valence-corrected chi connectivity index (χ2v) is 3.27. The van der Waals surface area contributed by atoms with E-state index >= 15 is 0 Å². The maximum absolute atomic E-state index is 5.31. The van der Waals surface area contributed by atoms with Crippen LogP contribution in [0.15, 0.2) is 0 Å². The van der Waals surface area contributed by atoms with Crippen LogP contribution < -0.4 is 4.84 Å². The van der Waals surface area contributed by atoms with Gasteiger partial charge in [-0.1, -0.05) is 45.4 Å². The van der Waals surface area contributed by atoms with Crippen LogP contribution in [0.1, 0.15) is 51.9 Å². The molecule has 0 amide bonds. The molecule has 0 spiro atoms. The first-order valence-corrected chi connectivity index (χ1v) is 5.13. The monoisotopic (exact) mass is 177 g/mol. The summed E-state index contributed by atoms with van der Waals surface area (Å²) in [6, 6.07) is 0. The third kappa shape index (κ3) is 10.2. The number of nitrogens with one attached hydrogen (secondary N) is 1. The second-order valence-electron chi connectivity index (χ2n) is 3.00. The van der Waals surface area contributed by atoms with Crippen molar-refractivity contribution in [3.63, 3.8) is 0 Å². The Morgan fingerprint density at radius 1 is 0.909 bits per heavy atom. The normalized spacial score (nSPS) is 10.4. The molecule has 0 rings (SSSR count). The summed E-state index contributed by atoms with van der Waals surface area (Å²) < 4.78 is 0. The molecule has 1 nitrogen and oxygen atoms in total. The van der Waals surface area contributed by atoms with Crippen LogP contribution in [0.2, 0.25) is 0 Å². The number of unbranched alkanes of at least 4 members (excludes halogenated alkanes) is 6. The lowest BCUT2D eigenvalue weighted by molar-refractivity contribution is 0.588. The van der Waals surface area contributed by atoms with E-state index in [-0.39, 0.29) is 0 Å². The van der Waals surface area contributed by atoms with E-state index in [4.69, 9.17) is 11.8 Å². The van der Waals surface area contributed by atoms with Gasteiger partial charge in [-0.3, -0.25) is 0 Å². The zero-order valence-corrected chi connectivity index (χ0v) is 8.29. The van der Waals surface area contributed by atoms with Gasteiger partial charge in [-0.25, -0.2) is 4.84 Å². The van der Waals surface area contributed by atoms with Crippen LogP contribution in [0, 0.1) is 0 Å². The van der Waals surface area contributed by atoms with Crippen LogP contribution in [0.5, 0.6) is 0 Å². The third-order valence-electron chi connectivity index (χ3n) is 1.87. The van der Waals surface area contributed by atoms with Crippen LogP contribution in [-0.4, -0.2) is 6.54 Å². The predicted molar refractivity (Wildman–Crippen MR) is 51.8 cm³/mol. The minimum absolute atomic E-state index is 0.954. The fourth-order valence-corrected chi connectivity index (χ4v) is 1.28. The highest BCUT2D eigenvalue weighted by Gasteiger charge is 1.89. The van der Waals surface area contributed by atoms with Crippen molar-refractivity contribution in [3.8, 4) is 0 Å². The van der Waals surface area contributed by atoms with E-state index in [1.165, 1.54) is 44.9 Å². The summed E-state index contributed by atoms with van der Waals surface area (Å²) in [6.45, 7) is 3.20. The summed E-state index contributed by atoms with van der Waals surface area (Å²) in [7, 11) is 0. The molecule has 0 fully saturated rings. The summed E-state index contributed by atoms with van der Waals surface area (Å²) in [4.78, 5) is 2.64. The van der Waals surface area contributed by atoms with Gasteiger partial charge in [-0.2, -0.15) is 0 Å². The van der Waals surface area contributed by atoms with E-state index in [9.17, 15) is 0 Å². The molecular weight excluding hydrogens is 158 g/mol. The van der Waals surface area contributed by atoms with E-state index in [1.54, 1.807) is 0 Å². The van der Waals surface area contributed by atoms with Gasteiger partial charge in [0.15, 0.2) is 0 Å². The largest absolute Gasteiger partial charge is 0.234 e. The van der Waals surface area contributed by atoms with Gasteiger partial charge in [0.25, 0.3) is 0 Å². The Morgan fingerprint density at radius 2 is 1.45 bits per heavy atom. The summed E-state index contributed by atoms with van der Waals surface area (Å²) >= 11 is 5.31. The van der Waals surface area contributed by atoms with Crippen molar-refractivity contribution < 1.29 is 0 Å². The lowest BCUT2D eigenvalue weighted by Gasteiger charge is -1.99. The molecule has 0 aliphatic rings. The van der Waals surface area contributed by atoms with Crippen molar-refractivity contribution in [3.05, 3.63) is 0 Å². The summed E-state index contributed by atoms with van der Waals surface area (Å²) in [5, 5.41) is 0. The smallest absolute Gasteiger partial charge is 0.0108 e. The Bertz CT molecular complexity index is 58.6. The summed E-state index contributed by atoms with van der Waals surface area (Å²) in [5.74, 6) is 0. The molecule has 1 N–H and O–H groups in total. The molecule has 0 bridgehead atoms. The van der Waals surface area contributed by atoms with Crippen LogP contribution in [0.4, 0.5) is 0 Å². The molecule has 2 heteroatoms. The average molecular weight is 178 g/mol. The van der Waals surface area contributed by atoms with E-state index in [2.05, 4.69) is 11.8 Å². The van der Waals surface area contributed by atoms with Gasteiger partial charge in [0, 0.05) is 6.54 Å². The Labute approximate surface area is 75.6 Å². The zero-order valence-electron chi connectivity index (χ0n) is 7.53. The van der Waals surface area contributed by atoms with Crippen molar-refractivity contribution >= 4 is 11.8 Å². The first-order chi connectivity index (χ1) is 5.41. The molecular formula is C9H20ClN. The van der Waals surface area contributed by atoms with E-state index in [0.29, 0.717) is 0 Å². The lowest BCUT2D eigenvalue weighted by Crippen LogP contribution is -1.99. The molecule has 0 saturated heterocycles. The topological polar surface area (TPSA) is 12.0 Å². The second kappa shape index (κ2) is 10.2. The molecule has 0 aromatic rings. The molecule has 0 aromatic heterocycles. The minimum atomic E-state index is 0.954. The number of hydrogen-bond donors (Lipinski definition) is 1. The molecule has 0 radical (unpaired) electrons. The van der Waals surface area contributed by atoms with Gasteiger partial charge < -0.3 is 0 Å². The summed E-state index contributed by atoms with van der Waals surface area (Å²) in [6.07, 6.45) is 9.45. The quantitative estimate of drug-likeness (QED) is 0.442. The van der Waals surface area contributed by atoms with Gasteiger partial charge in [-0.15, -0.1) is 0 Å². The van der Waals surface area contributed by atoms with Crippen molar-refractivity contribution in [2.24, 2.45) is 0 Å². The number of halogens is 1. The fraction of sp³-hybridized carbons (Fsp3) is 1.00. The minimum Gasteiger partial charge on any atom is -0.234 e. The molecule has 0 heterocycles. The Hall–Kier alpha value is 0.250. The molecule has 68 valence electrons. The molecule has 0 saturated carbocycles. The van der Waals surface area contributed by atoms with E-state index in [1.807, 2.05) is 0 Å². The van der Waals surface area contributed by atoms with Gasteiger partial charge in [-0.05, 0) is 18.2 Å². The van der Waals surface area contributed by atoms with Crippen molar-refractivity contribution in [1.29, 1.82) is 0 Å². The molecule has 0 aromatic carbocycles. The Kier molecular flexibility index (Phi) is 10.5. The first-order valence-electron chi connectivity index (χ1n) is 4.75. The maximum Gasteiger partial charge on any atom is 0.0108 e. The zero-order chi connectivity index (χ0) is 8.36. The first kappa shape index (κ1) is 11.2. The van der Waals surface area contributed by atoms with Crippen LogP contribution in [-0.2, 0) is 0 Å². The van der Waals surface area contributed by atoms with Gasteiger partial charge >= 0.3 is 0 Å². The highest BCUT2D eigenvalue weighted by atomic mass is 35.5. The van der Waals surface area contributed by atoms with Crippen molar-refractivity contribution in [2.75, 3.05) is 6.54 Å². The van der Waals surface area contributed by atoms with Crippen molar-refractivity contribution in [1.82, 2.24) is 4.84 Å². The highest BCUT2D eigenvalue weighted by Crippen LogP contribution is 2.06. The number of hydrogen-bond acceptors (Lipinski definition) is 1. The van der Waals surface area contributed by atoms with Crippen molar-refractivity contribution in [2.45, 2.75) is 51.9 Å². The van der Waals surface area contributed by atoms with E-state index in [0.717, 1.165) is 6.54 Å². The molecule has 0 unspecified atom stereocenters. The third-order valence-corrected chi connectivity index (χ3v) is 2.06. The molecule has 11 heavy (non-hydrogen) atoms. The lowest BCUT2D eigenvalue weighted by atomic mass is 10.1. The van der Waals surface area contributed by atoms with Gasteiger partial charge in [0.2, 0.25) is 0 Å². The molecule has 0 atom stereocenters. The van der Waals surface area contributed by atoms with Crippen LogP contribution in [0.3, 0.4) is 0 Å². The Morgan fingerprint density at radius 3 is 2.00 bits per heavy atom. The average Bonchev–Trinajstić information content (AvgIpc) is 2.03. The van der Waals surface area contributed by atoms with Crippen LogP contribution in [0.25, 0.3) is 0 Å². The van der Waals surface area contributed by atoms with Gasteiger partial charge in [0.1, 0.15) is 0 Å². The summed E-state index contributed by atoms with van der Waals surface area (Å²) in [5.41, 5.74) is 0. The van der Waals surface area contributed by atoms with Gasteiger partial charge in [0.05, 0.1) is 0 Å². The van der Waals surface area contributed by atoms with E-state index < -0.39 is 0 Å². The maximum atomic E-state index is 5.31. The number of rotatable bonds is 8. The predicted octanol–water partition coefficient (Wildman–Crippen LogP) is 3.48.